The summed E-state index contributed by atoms with van der Waals surface area (Å²) in [5.74, 6) is -0.496. The van der Waals surface area contributed by atoms with Crippen LogP contribution in [0.1, 0.15) is 37.3 Å². The zero-order chi connectivity index (χ0) is 18.3. The van der Waals surface area contributed by atoms with Gasteiger partial charge in [-0.25, -0.2) is 4.39 Å². The van der Waals surface area contributed by atoms with Crippen LogP contribution in [0.4, 0.5) is 4.39 Å². The van der Waals surface area contributed by atoms with Gasteiger partial charge >= 0.3 is 0 Å². The van der Waals surface area contributed by atoms with Crippen molar-refractivity contribution in [2.75, 3.05) is 13.2 Å². The van der Waals surface area contributed by atoms with Gasteiger partial charge in [0.2, 0.25) is 5.91 Å². The van der Waals surface area contributed by atoms with Crippen LogP contribution in [-0.2, 0) is 11.2 Å². The number of halogens is 1. The number of benzene rings is 1. The standard InChI is InChI=1S/C20H25FN2O2/c1-20(2,14-24)18(16-6-4-3-5-7-16)13-23-19(25)9-8-15-10-17(21)12-22-11-15/h3-7,10-12,18,24H,8-9,13-14H2,1-2H3,(H,23,25). The lowest BCUT2D eigenvalue weighted by Crippen LogP contribution is -2.37. The van der Waals surface area contributed by atoms with E-state index < -0.39 is 5.82 Å². The molecule has 1 heterocycles. The van der Waals surface area contributed by atoms with E-state index in [2.05, 4.69) is 10.3 Å². The first-order chi connectivity index (χ1) is 11.9. The van der Waals surface area contributed by atoms with Gasteiger partial charge in [-0.3, -0.25) is 9.78 Å². The van der Waals surface area contributed by atoms with Crippen molar-refractivity contribution in [1.29, 1.82) is 0 Å². The molecule has 1 aromatic heterocycles. The lowest BCUT2D eigenvalue weighted by molar-refractivity contribution is -0.121. The van der Waals surface area contributed by atoms with E-state index in [1.165, 1.54) is 6.07 Å². The Morgan fingerprint density at radius 2 is 2.00 bits per heavy atom. The van der Waals surface area contributed by atoms with Crippen molar-refractivity contribution < 1.29 is 14.3 Å². The van der Waals surface area contributed by atoms with Gasteiger partial charge in [0.1, 0.15) is 5.82 Å². The summed E-state index contributed by atoms with van der Waals surface area (Å²) in [6.07, 6.45) is 3.42. The number of hydrogen-bond acceptors (Lipinski definition) is 3. The summed E-state index contributed by atoms with van der Waals surface area (Å²) in [5.41, 5.74) is 1.42. The minimum Gasteiger partial charge on any atom is -0.396 e. The van der Waals surface area contributed by atoms with Crippen molar-refractivity contribution in [2.45, 2.75) is 32.6 Å². The molecule has 5 heteroatoms. The Kier molecular flexibility index (Phi) is 6.65. The second-order valence-corrected chi connectivity index (χ2v) is 6.93. The summed E-state index contributed by atoms with van der Waals surface area (Å²) in [6, 6.07) is 11.3. The number of aliphatic hydroxyl groups is 1. The van der Waals surface area contributed by atoms with Crippen molar-refractivity contribution in [3.8, 4) is 0 Å². The molecule has 4 nitrogen and oxygen atoms in total. The van der Waals surface area contributed by atoms with E-state index in [-0.39, 0.29) is 30.3 Å². The Morgan fingerprint density at radius 3 is 2.64 bits per heavy atom. The van der Waals surface area contributed by atoms with Gasteiger partial charge in [0.15, 0.2) is 0 Å². The van der Waals surface area contributed by atoms with E-state index in [0.717, 1.165) is 11.8 Å². The number of hydrogen-bond donors (Lipinski definition) is 2. The number of pyridine rings is 1. The van der Waals surface area contributed by atoms with Crippen LogP contribution in [-0.4, -0.2) is 29.1 Å². The topological polar surface area (TPSA) is 62.2 Å². The fraction of sp³-hybridized carbons (Fsp3) is 0.400. The van der Waals surface area contributed by atoms with Gasteiger partial charge in [0.05, 0.1) is 6.20 Å². The quantitative estimate of drug-likeness (QED) is 0.774. The van der Waals surface area contributed by atoms with Crippen LogP contribution in [0.25, 0.3) is 0 Å². The zero-order valence-electron chi connectivity index (χ0n) is 14.7. The van der Waals surface area contributed by atoms with Gasteiger partial charge in [-0.05, 0) is 29.0 Å². The van der Waals surface area contributed by atoms with E-state index in [1.807, 2.05) is 44.2 Å². The van der Waals surface area contributed by atoms with Crippen LogP contribution < -0.4 is 5.32 Å². The summed E-state index contributed by atoms with van der Waals surface area (Å²) in [4.78, 5) is 15.9. The summed E-state index contributed by atoms with van der Waals surface area (Å²) < 4.78 is 13.1. The van der Waals surface area contributed by atoms with Gasteiger partial charge < -0.3 is 10.4 Å². The minimum atomic E-state index is -0.397. The van der Waals surface area contributed by atoms with Crippen LogP contribution in [0.5, 0.6) is 0 Å². The Bertz CT molecular complexity index is 689. The molecule has 0 saturated heterocycles. The predicted molar refractivity (Wildman–Crippen MR) is 95.6 cm³/mol. The monoisotopic (exact) mass is 344 g/mol. The van der Waals surface area contributed by atoms with Gasteiger partial charge in [-0.15, -0.1) is 0 Å². The molecule has 134 valence electrons. The molecule has 2 rings (SSSR count). The zero-order valence-corrected chi connectivity index (χ0v) is 14.7. The Labute approximate surface area is 148 Å². The normalized spacial score (nSPS) is 12.6. The van der Waals surface area contributed by atoms with Crippen molar-refractivity contribution >= 4 is 5.91 Å². The maximum Gasteiger partial charge on any atom is 0.220 e. The molecule has 0 saturated carbocycles. The van der Waals surface area contributed by atoms with E-state index in [4.69, 9.17) is 0 Å². The van der Waals surface area contributed by atoms with E-state index in [9.17, 15) is 14.3 Å². The van der Waals surface area contributed by atoms with Gasteiger partial charge in [-0.2, -0.15) is 0 Å². The molecule has 0 aliphatic rings. The second kappa shape index (κ2) is 8.72. The second-order valence-electron chi connectivity index (χ2n) is 6.93. The molecule has 0 radical (unpaired) electrons. The molecule has 0 fully saturated rings. The molecule has 1 unspecified atom stereocenters. The van der Waals surface area contributed by atoms with E-state index in [0.29, 0.717) is 18.5 Å². The highest BCUT2D eigenvalue weighted by molar-refractivity contribution is 5.76. The number of aromatic nitrogens is 1. The highest BCUT2D eigenvalue weighted by Crippen LogP contribution is 2.34. The van der Waals surface area contributed by atoms with Crippen molar-refractivity contribution in [2.24, 2.45) is 5.41 Å². The molecular weight excluding hydrogens is 319 g/mol. The molecule has 0 spiro atoms. The first kappa shape index (κ1) is 19.1. The van der Waals surface area contributed by atoms with Crippen LogP contribution in [0, 0.1) is 11.2 Å². The lowest BCUT2D eigenvalue weighted by atomic mass is 9.75. The van der Waals surface area contributed by atoms with Crippen LogP contribution in [0.2, 0.25) is 0 Å². The van der Waals surface area contributed by atoms with Crippen LogP contribution in [0.3, 0.4) is 0 Å². The average Bonchev–Trinajstić information content (AvgIpc) is 2.61. The van der Waals surface area contributed by atoms with Gasteiger partial charge in [-0.1, -0.05) is 44.2 Å². The smallest absolute Gasteiger partial charge is 0.220 e. The molecule has 2 aromatic rings. The van der Waals surface area contributed by atoms with Crippen molar-refractivity contribution in [3.05, 3.63) is 65.7 Å². The van der Waals surface area contributed by atoms with Gasteiger partial charge in [0, 0.05) is 31.7 Å². The predicted octanol–water partition coefficient (Wildman–Crippen LogP) is 3.07. The number of nitrogens with one attached hydrogen (secondary N) is 1. The number of rotatable bonds is 8. The first-order valence-corrected chi connectivity index (χ1v) is 8.44. The molecule has 1 amide bonds. The summed E-state index contributed by atoms with van der Waals surface area (Å²) >= 11 is 0. The SMILES string of the molecule is CC(C)(CO)C(CNC(=O)CCc1cncc(F)c1)c1ccccc1. The van der Waals surface area contributed by atoms with E-state index >= 15 is 0 Å². The Morgan fingerprint density at radius 1 is 1.28 bits per heavy atom. The van der Waals surface area contributed by atoms with Crippen molar-refractivity contribution in [1.82, 2.24) is 10.3 Å². The molecule has 0 bridgehead atoms. The summed E-state index contributed by atoms with van der Waals surface area (Å²) in [7, 11) is 0. The maximum atomic E-state index is 13.1. The third kappa shape index (κ3) is 5.64. The van der Waals surface area contributed by atoms with E-state index in [1.54, 1.807) is 6.20 Å². The molecule has 25 heavy (non-hydrogen) atoms. The first-order valence-electron chi connectivity index (χ1n) is 8.44. The third-order valence-corrected chi connectivity index (χ3v) is 4.46. The number of aryl methyl sites for hydroxylation is 1. The fourth-order valence-electron chi connectivity index (χ4n) is 2.80. The van der Waals surface area contributed by atoms with Crippen LogP contribution >= 0.6 is 0 Å². The lowest BCUT2D eigenvalue weighted by Gasteiger charge is -2.33. The largest absolute Gasteiger partial charge is 0.396 e. The van der Waals surface area contributed by atoms with Crippen LogP contribution in [0.15, 0.2) is 48.8 Å². The average molecular weight is 344 g/mol. The number of aliphatic hydroxyl groups excluding tert-OH is 1. The highest BCUT2D eigenvalue weighted by atomic mass is 19.1. The third-order valence-electron chi connectivity index (χ3n) is 4.46. The summed E-state index contributed by atoms with van der Waals surface area (Å²) in [5, 5.41) is 12.7. The van der Waals surface area contributed by atoms with Crippen molar-refractivity contribution in [3.63, 3.8) is 0 Å². The number of amides is 1. The number of nitrogens with zero attached hydrogens (tertiary/aromatic N) is 1. The molecule has 1 atom stereocenters. The molecular formula is C20H25FN2O2. The molecule has 1 aromatic carbocycles. The number of carbonyl (C=O) groups is 1. The molecule has 0 aliphatic heterocycles. The Hall–Kier alpha value is -2.27. The fourth-order valence-corrected chi connectivity index (χ4v) is 2.80. The number of carbonyl (C=O) groups excluding carboxylic acids is 1. The Balaban J connectivity index is 1.94. The van der Waals surface area contributed by atoms with Gasteiger partial charge in [0.25, 0.3) is 0 Å². The minimum absolute atomic E-state index is 0.00140. The maximum absolute atomic E-state index is 13.1. The summed E-state index contributed by atoms with van der Waals surface area (Å²) in [6.45, 7) is 4.43. The molecule has 0 aliphatic carbocycles. The molecule has 2 N–H and O–H groups in total. The highest BCUT2D eigenvalue weighted by Gasteiger charge is 2.30.